The quantitative estimate of drug-likeness (QED) is 0.183. The number of hydrogen-bond acceptors (Lipinski definition) is 9. The van der Waals surface area contributed by atoms with E-state index in [9.17, 15) is 4.57 Å². The zero-order valence-electron chi connectivity index (χ0n) is 26.6. The summed E-state index contributed by atoms with van der Waals surface area (Å²) in [5.74, 6) is 1.25. The van der Waals surface area contributed by atoms with Crippen LogP contribution >= 0.6 is 18.7 Å². The van der Waals surface area contributed by atoms with Gasteiger partial charge in [-0.05, 0) is 68.4 Å². The van der Waals surface area contributed by atoms with E-state index in [-0.39, 0.29) is 39.6 Å². The van der Waals surface area contributed by atoms with Crippen LogP contribution in [0.3, 0.4) is 0 Å². The van der Waals surface area contributed by atoms with Crippen LogP contribution in [0, 0.1) is 17.2 Å². The minimum atomic E-state index is -2.81. The van der Waals surface area contributed by atoms with E-state index in [1.54, 1.807) is 45.0 Å². The number of piperidine rings is 1. The van der Waals surface area contributed by atoms with E-state index >= 15 is 4.39 Å². The van der Waals surface area contributed by atoms with Gasteiger partial charge in [0.25, 0.3) is 0 Å². The highest BCUT2D eigenvalue weighted by molar-refractivity contribution is 7.71. The molecule has 2 N–H and O–H groups in total. The SMILES string of the molecule is COc1cc(N2CCC(C(C)(C)C)CC2)c(C2CC2)c(F)c1Nc1ncc(Cl)c(Nc2ccc3nccnc3c2P(C)(C)=O)n1. The molecule has 2 aliphatic rings. The number of benzene rings is 2. The molecule has 2 aromatic carbocycles. The highest BCUT2D eigenvalue weighted by Crippen LogP contribution is 2.51. The maximum atomic E-state index is 16.5. The Labute approximate surface area is 268 Å². The summed E-state index contributed by atoms with van der Waals surface area (Å²) in [6.07, 6.45) is 8.66. The second-order valence-electron chi connectivity index (χ2n) is 13.5. The Hall–Kier alpha value is -3.49. The molecule has 0 spiro atoms. The van der Waals surface area contributed by atoms with Crippen LogP contribution < -0.4 is 25.6 Å². The third-order valence-corrected chi connectivity index (χ3v) is 10.7. The lowest BCUT2D eigenvalue weighted by molar-refractivity contribution is 0.199. The molecule has 9 nitrogen and oxygen atoms in total. The third-order valence-electron chi connectivity index (χ3n) is 8.90. The highest BCUT2D eigenvalue weighted by Gasteiger charge is 2.36. The molecule has 3 heterocycles. The van der Waals surface area contributed by atoms with Crippen LogP contribution in [-0.4, -0.2) is 53.5 Å². The van der Waals surface area contributed by atoms with Crippen LogP contribution in [-0.2, 0) is 4.57 Å². The van der Waals surface area contributed by atoms with Gasteiger partial charge in [-0.2, -0.15) is 4.98 Å². The molecule has 0 amide bonds. The lowest BCUT2D eigenvalue weighted by Gasteiger charge is -2.40. The maximum Gasteiger partial charge on any atom is 0.229 e. The number of nitrogens with zero attached hydrogens (tertiary/aromatic N) is 5. The van der Waals surface area contributed by atoms with Crippen molar-refractivity contribution < 1.29 is 13.7 Å². The van der Waals surface area contributed by atoms with Crippen LogP contribution in [0.5, 0.6) is 5.75 Å². The minimum Gasteiger partial charge on any atom is -0.494 e. The van der Waals surface area contributed by atoms with Crippen molar-refractivity contribution in [3.63, 3.8) is 0 Å². The molecule has 0 unspecified atom stereocenters. The fraction of sp³-hybridized carbons (Fsp3) is 0.455. The number of ether oxygens (including phenoxy) is 1. The van der Waals surface area contributed by atoms with Crippen molar-refractivity contribution >= 4 is 63.9 Å². The Morgan fingerprint density at radius 3 is 2.40 bits per heavy atom. The molecule has 1 saturated carbocycles. The van der Waals surface area contributed by atoms with E-state index < -0.39 is 7.14 Å². The zero-order chi connectivity index (χ0) is 32.1. The van der Waals surface area contributed by atoms with Crippen LogP contribution in [0.25, 0.3) is 11.0 Å². The molecule has 1 aliphatic heterocycles. The number of aromatic nitrogens is 4. The summed E-state index contributed by atoms with van der Waals surface area (Å²) in [5.41, 5.74) is 3.81. The third kappa shape index (κ3) is 6.45. The average Bonchev–Trinajstić information content (AvgIpc) is 3.83. The second-order valence-corrected chi connectivity index (χ2v) is 17.0. The molecule has 0 bridgehead atoms. The maximum absolute atomic E-state index is 16.5. The summed E-state index contributed by atoms with van der Waals surface area (Å²) in [5, 5.41) is 7.09. The normalized spacial score (nSPS) is 16.2. The summed E-state index contributed by atoms with van der Waals surface area (Å²) in [6.45, 7) is 12.0. The first-order valence-electron chi connectivity index (χ1n) is 15.4. The Balaban J connectivity index is 1.33. The molecule has 0 radical (unpaired) electrons. The van der Waals surface area contributed by atoms with Gasteiger partial charge in [-0.25, -0.2) is 9.37 Å². The molecule has 6 rings (SSSR count). The Bertz CT molecular complexity index is 1800. The van der Waals surface area contributed by atoms with E-state index in [1.165, 1.54) is 6.20 Å². The predicted molar refractivity (Wildman–Crippen MR) is 182 cm³/mol. The molecular formula is C33H40ClFN7O2P. The summed E-state index contributed by atoms with van der Waals surface area (Å²) in [4.78, 5) is 20.1. The largest absolute Gasteiger partial charge is 0.494 e. The first-order chi connectivity index (χ1) is 21.3. The smallest absolute Gasteiger partial charge is 0.229 e. The van der Waals surface area contributed by atoms with Crippen molar-refractivity contribution in [2.75, 3.05) is 49.1 Å². The highest BCUT2D eigenvalue weighted by atomic mass is 35.5. The Morgan fingerprint density at radius 2 is 1.76 bits per heavy atom. The lowest BCUT2D eigenvalue weighted by atomic mass is 9.75. The molecule has 12 heteroatoms. The summed E-state index contributed by atoms with van der Waals surface area (Å²) in [6, 6.07) is 5.53. The van der Waals surface area contributed by atoms with Crippen molar-refractivity contribution in [1.82, 2.24) is 19.9 Å². The van der Waals surface area contributed by atoms with Crippen molar-refractivity contribution in [1.29, 1.82) is 0 Å². The first-order valence-corrected chi connectivity index (χ1v) is 18.3. The minimum absolute atomic E-state index is 0.137. The molecule has 1 saturated heterocycles. The second kappa shape index (κ2) is 12.0. The number of nitrogens with one attached hydrogen (secondary N) is 2. The fourth-order valence-corrected chi connectivity index (χ4v) is 7.87. The van der Waals surface area contributed by atoms with E-state index in [0.717, 1.165) is 50.0 Å². The number of methoxy groups -OCH3 is 1. The predicted octanol–water partition coefficient (Wildman–Crippen LogP) is 8.10. The van der Waals surface area contributed by atoms with E-state index in [2.05, 4.69) is 56.2 Å². The van der Waals surface area contributed by atoms with Gasteiger partial charge < -0.3 is 24.8 Å². The first kappa shape index (κ1) is 31.5. The van der Waals surface area contributed by atoms with Crippen molar-refractivity contribution in [3.05, 3.63) is 53.2 Å². The van der Waals surface area contributed by atoms with E-state index in [1.807, 2.05) is 6.07 Å². The van der Waals surface area contributed by atoms with Crippen molar-refractivity contribution in [2.45, 2.75) is 52.4 Å². The number of anilines is 5. The summed E-state index contributed by atoms with van der Waals surface area (Å²) >= 11 is 6.53. The van der Waals surface area contributed by atoms with Crippen LogP contribution in [0.15, 0.2) is 36.8 Å². The molecule has 0 atom stereocenters. The van der Waals surface area contributed by atoms with Crippen LogP contribution in [0.4, 0.5) is 33.2 Å². The molecular weight excluding hydrogens is 612 g/mol. The fourth-order valence-electron chi connectivity index (χ4n) is 6.34. The topological polar surface area (TPSA) is 105 Å². The molecule has 45 heavy (non-hydrogen) atoms. The van der Waals surface area contributed by atoms with Gasteiger partial charge in [0.2, 0.25) is 5.95 Å². The van der Waals surface area contributed by atoms with Gasteiger partial charge in [0.05, 0.1) is 29.8 Å². The summed E-state index contributed by atoms with van der Waals surface area (Å²) < 4.78 is 35.7. The van der Waals surface area contributed by atoms with Gasteiger partial charge in [0.1, 0.15) is 29.1 Å². The van der Waals surface area contributed by atoms with Gasteiger partial charge in [0, 0.05) is 42.8 Å². The van der Waals surface area contributed by atoms with Gasteiger partial charge >= 0.3 is 0 Å². The Kier molecular flexibility index (Phi) is 8.42. The lowest BCUT2D eigenvalue weighted by Crippen LogP contribution is -2.38. The number of rotatable bonds is 8. The van der Waals surface area contributed by atoms with Crippen LogP contribution in [0.2, 0.25) is 5.02 Å². The van der Waals surface area contributed by atoms with Gasteiger partial charge in [-0.3, -0.25) is 9.97 Å². The van der Waals surface area contributed by atoms with E-state index in [4.69, 9.17) is 16.3 Å². The molecule has 1 aliphatic carbocycles. The van der Waals surface area contributed by atoms with Crippen molar-refractivity contribution in [3.8, 4) is 5.75 Å². The monoisotopic (exact) mass is 651 g/mol. The van der Waals surface area contributed by atoms with Crippen molar-refractivity contribution in [2.24, 2.45) is 11.3 Å². The number of fused-ring (bicyclic) bond motifs is 1. The number of hydrogen-bond donors (Lipinski definition) is 2. The summed E-state index contributed by atoms with van der Waals surface area (Å²) in [7, 11) is -1.27. The van der Waals surface area contributed by atoms with Crippen LogP contribution in [0.1, 0.15) is 57.9 Å². The molecule has 2 aromatic heterocycles. The van der Waals surface area contributed by atoms with Gasteiger partial charge in [-0.15, -0.1) is 0 Å². The molecule has 238 valence electrons. The van der Waals surface area contributed by atoms with Gasteiger partial charge in [-0.1, -0.05) is 32.4 Å². The van der Waals surface area contributed by atoms with Gasteiger partial charge in [0.15, 0.2) is 11.6 Å². The number of halogens is 2. The molecule has 2 fully saturated rings. The molecule has 4 aromatic rings. The standard InChI is InChI=1S/C33H40ClFN7O2P/c1-33(2,3)20-11-15-42(16-12-20)24-17-25(44-4)29(27(35)26(24)19-7-8-19)40-32-38-18-21(34)31(41-32)39-23-10-9-22-28(37-14-13-36-22)30(23)45(5,6)43/h9-10,13-14,17-20H,7-8,11-12,15-16H2,1-6H3,(H2,38,39,40,41). The zero-order valence-corrected chi connectivity index (χ0v) is 28.3. The average molecular weight is 652 g/mol. The Morgan fingerprint density at radius 1 is 1.04 bits per heavy atom. The van der Waals surface area contributed by atoms with E-state index in [0.29, 0.717) is 33.7 Å².